The van der Waals surface area contributed by atoms with Crippen molar-refractivity contribution in [3.8, 4) is 0 Å². The first-order chi connectivity index (χ1) is 11.6. The number of nitrogens with zero attached hydrogens (tertiary/aromatic N) is 2. The van der Waals surface area contributed by atoms with E-state index in [9.17, 15) is 13.2 Å². The van der Waals surface area contributed by atoms with Crippen LogP contribution in [0.5, 0.6) is 0 Å². The third-order valence-corrected chi connectivity index (χ3v) is 7.23. The molecule has 0 fully saturated rings. The van der Waals surface area contributed by atoms with Crippen LogP contribution in [0.4, 0.5) is 0 Å². The molecule has 25 heavy (non-hydrogen) atoms. The Labute approximate surface area is 164 Å². The van der Waals surface area contributed by atoms with E-state index in [0.717, 1.165) is 14.3 Å². The zero-order valence-corrected chi connectivity index (χ0v) is 18.0. The van der Waals surface area contributed by atoms with Crippen molar-refractivity contribution in [2.24, 2.45) is 0 Å². The number of benzene rings is 2. The van der Waals surface area contributed by atoms with Gasteiger partial charge in [0.15, 0.2) is 0 Å². The van der Waals surface area contributed by atoms with Crippen LogP contribution >= 0.6 is 31.9 Å². The van der Waals surface area contributed by atoms with E-state index >= 15 is 0 Å². The maximum absolute atomic E-state index is 12.7. The van der Waals surface area contributed by atoms with Gasteiger partial charge in [-0.1, -0.05) is 34.1 Å². The highest BCUT2D eigenvalue weighted by Crippen LogP contribution is 2.26. The molecule has 0 saturated carbocycles. The highest BCUT2D eigenvalue weighted by Gasteiger charge is 2.23. The van der Waals surface area contributed by atoms with Gasteiger partial charge in [-0.15, -0.1) is 0 Å². The number of sulfonamides is 1. The van der Waals surface area contributed by atoms with Crippen LogP contribution in [-0.2, 0) is 16.6 Å². The average molecular weight is 490 g/mol. The third kappa shape index (κ3) is 4.49. The minimum Gasteiger partial charge on any atom is -0.337 e. The second-order valence-corrected chi connectivity index (χ2v) is 9.51. The summed E-state index contributed by atoms with van der Waals surface area (Å²) in [6, 6.07) is 12.2. The fraction of sp³-hybridized carbons (Fsp3) is 0.235. The Balaban J connectivity index is 2.32. The van der Waals surface area contributed by atoms with Crippen molar-refractivity contribution in [2.75, 3.05) is 21.1 Å². The van der Waals surface area contributed by atoms with Crippen molar-refractivity contribution >= 4 is 47.8 Å². The van der Waals surface area contributed by atoms with E-state index in [1.54, 1.807) is 24.1 Å². The Morgan fingerprint density at radius 1 is 1.00 bits per heavy atom. The van der Waals surface area contributed by atoms with E-state index in [1.807, 2.05) is 24.3 Å². The Morgan fingerprint density at radius 2 is 1.64 bits per heavy atom. The first-order valence-corrected chi connectivity index (χ1v) is 10.4. The van der Waals surface area contributed by atoms with E-state index in [1.165, 1.54) is 20.2 Å². The van der Waals surface area contributed by atoms with Crippen molar-refractivity contribution in [1.82, 2.24) is 9.21 Å². The molecule has 0 aliphatic rings. The molecule has 0 aliphatic heterocycles. The van der Waals surface area contributed by atoms with Gasteiger partial charge in [-0.05, 0) is 45.8 Å². The van der Waals surface area contributed by atoms with Crippen molar-refractivity contribution in [1.29, 1.82) is 0 Å². The van der Waals surface area contributed by atoms with Crippen LogP contribution in [0.1, 0.15) is 15.9 Å². The van der Waals surface area contributed by atoms with Gasteiger partial charge in [0.05, 0.1) is 4.90 Å². The van der Waals surface area contributed by atoms with Gasteiger partial charge in [0.1, 0.15) is 0 Å². The molecule has 0 spiro atoms. The minimum absolute atomic E-state index is 0.0673. The number of hydrogen-bond donors (Lipinski definition) is 0. The summed E-state index contributed by atoms with van der Waals surface area (Å²) in [7, 11) is 0.945. The Kier molecular flexibility index (Phi) is 6.42. The van der Waals surface area contributed by atoms with Crippen LogP contribution < -0.4 is 0 Å². The van der Waals surface area contributed by atoms with Gasteiger partial charge >= 0.3 is 0 Å². The van der Waals surface area contributed by atoms with E-state index < -0.39 is 10.0 Å². The van der Waals surface area contributed by atoms with Gasteiger partial charge in [0.25, 0.3) is 5.91 Å². The summed E-state index contributed by atoms with van der Waals surface area (Å²) in [5.74, 6) is -0.251. The topological polar surface area (TPSA) is 57.7 Å². The van der Waals surface area contributed by atoms with Crippen LogP contribution in [0.2, 0.25) is 0 Å². The minimum atomic E-state index is -3.65. The van der Waals surface area contributed by atoms with E-state index in [2.05, 4.69) is 31.9 Å². The number of rotatable bonds is 5. The number of amides is 1. The van der Waals surface area contributed by atoms with Crippen molar-refractivity contribution in [3.63, 3.8) is 0 Å². The van der Waals surface area contributed by atoms with Crippen LogP contribution in [0.15, 0.2) is 56.3 Å². The molecule has 8 heteroatoms. The molecular formula is C17H18Br2N2O3S. The van der Waals surface area contributed by atoms with E-state index in [0.29, 0.717) is 16.6 Å². The monoisotopic (exact) mass is 488 g/mol. The summed E-state index contributed by atoms with van der Waals surface area (Å²) < 4.78 is 27.3. The van der Waals surface area contributed by atoms with Crippen LogP contribution in [0, 0.1) is 0 Å². The standard InChI is InChI=1S/C17H18Br2N2O3S/c1-20(2)25(23,24)16-10-12(8-9-15(16)19)17(22)21(3)11-13-6-4-5-7-14(13)18/h4-10H,11H2,1-3H3. The molecule has 2 rings (SSSR count). The number of hydrogen-bond acceptors (Lipinski definition) is 3. The predicted octanol–water partition coefficient (Wildman–Crippen LogP) is 3.73. The van der Waals surface area contributed by atoms with Crippen molar-refractivity contribution in [2.45, 2.75) is 11.4 Å². The predicted molar refractivity (Wildman–Crippen MR) is 105 cm³/mol. The fourth-order valence-corrected chi connectivity index (χ4v) is 4.46. The van der Waals surface area contributed by atoms with E-state index in [4.69, 9.17) is 0 Å². The Morgan fingerprint density at radius 3 is 2.24 bits per heavy atom. The van der Waals surface area contributed by atoms with E-state index in [-0.39, 0.29) is 10.8 Å². The van der Waals surface area contributed by atoms with Gasteiger partial charge in [-0.2, -0.15) is 0 Å². The fourth-order valence-electron chi connectivity index (χ4n) is 2.21. The van der Waals surface area contributed by atoms with Gasteiger partial charge in [0, 0.05) is 42.2 Å². The summed E-state index contributed by atoms with van der Waals surface area (Å²) in [4.78, 5) is 14.3. The molecule has 0 heterocycles. The van der Waals surface area contributed by atoms with Gasteiger partial charge in [-0.25, -0.2) is 12.7 Å². The van der Waals surface area contributed by atoms with Crippen molar-refractivity contribution in [3.05, 3.63) is 62.5 Å². The molecule has 0 atom stereocenters. The summed E-state index contributed by atoms with van der Waals surface area (Å²) in [5.41, 5.74) is 1.29. The highest BCUT2D eigenvalue weighted by molar-refractivity contribution is 9.10. The lowest BCUT2D eigenvalue weighted by molar-refractivity contribution is 0.0784. The smallest absolute Gasteiger partial charge is 0.253 e. The molecule has 0 aliphatic carbocycles. The van der Waals surface area contributed by atoms with Crippen molar-refractivity contribution < 1.29 is 13.2 Å². The highest BCUT2D eigenvalue weighted by atomic mass is 79.9. The van der Waals surface area contributed by atoms with Gasteiger partial charge < -0.3 is 4.90 Å². The molecule has 0 bridgehead atoms. The first-order valence-electron chi connectivity index (χ1n) is 7.35. The maximum Gasteiger partial charge on any atom is 0.253 e. The maximum atomic E-state index is 12.7. The lowest BCUT2D eigenvalue weighted by Crippen LogP contribution is -2.27. The number of halogens is 2. The average Bonchev–Trinajstić information content (AvgIpc) is 2.56. The molecule has 5 nitrogen and oxygen atoms in total. The Bertz CT molecular complexity index is 899. The first kappa shape index (κ1) is 20.1. The summed E-state index contributed by atoms with van der Waals surface area (Å²) in [6.45, 7) is 0.409. The van der Waals surface area contributed by atoms with Crippen LogP contribution in [0.25, 0.3) is 0 Å². The number of carbonyl (C=O) groups is 1. The Hall–Kier alpha value is -1.22. The molecule has 0 radical (unpaired) electrons. The molecule has 0 unspecified atom stereocenters. The molecule has 0 aromatic heterocycles. The van der Waals surface area contributed by atoms with Gasteiger partial charge in [0.2, 0.25) is 10.0 Å². The second-order valence-electron chi connectivity index (χ2n) is 5.69. The molecule has 0 saturated heterocycles. The molecule has 2 aromatic carbocycles. The van der Waals surface area contributed by atoms with Gasteiger partial charge in [-0.3, -0.25) is 4.79 Å². The molecular weight excluding hydrogens is 472 g/mol. The van der Waals surface area contributed by atoms with Crippen LogP contribution in [-0.4, -0.2) is 44.7 Å². The van der Waals surface area contributed by atoms with Crippen LogP contribution in [0.3, 0.4) is 0 Å². The third-order valence-electron chi connectivity index (χ3n) is 3.65. The molecule has 0 N–H and O–H groups in total. The molecule has 2 aromatic rings. The quantitative estimate of drug-likeness (QED) is 0.642. The largest absolute Gasteiger partial charge is 0.337 e. The summed E-state index contributed by atoms with van der Waals surface area (Å²) in [6.07, 6.45) is 0. The number of carbonyl (C=O) groups excluding carboxylic acids is 1. The molecule has 134 valence electrons. The lowest BCUT2D eigenvalue weighted by atomic mass is 10.1. The summed E-state index contributed by atoms with van der Waals surface area (Å²) in [5, 5.41) is 0. The zero-order chi connectivity index (χ0) is 18.8. The molecule has 1 amide bonds. The second kappa shape index (κ2) is 7.99. The lowest BCUT2D eigenvalue weighted by Gasteiger charge is -2.19. The normalized spacial score (nSPS) is 11.6. The zero-order valence-electron chi connectivity index (χ0n) is 14.0. The SMILES string of the molecule is CN(Cc1ccccc1Br)C(=O)c1ccc(Br)c(S(=O)(=O)N(C)C)c1. The summed E-state index contributed by atoms with van der Waals surface area (Å²) >= 11 is 6.71.